The summed E-state index contributed by atoms with van der Waals surface area (Å²) in [5, 5.41) is 2.53. The normalized spacial score (nSPS) is 11.6. The Bertz CT molecular complexity index is 1380. The average molecular weight is 416 g/mol. The van der Waals surface area contributed by atoms with Gasteiger partial charge >= 0.3 is 0 Å². The van der Waals surface area contributed by atoms with E-state index < -0.39 is 0 Å². The molecule has 3 aromatic carbocycles. The van der Waals surface area contributed by atoms with Gasteiger partial charge in [-0.2, -0.15) is 0 Å². The number of fused-ring (bicyclic) bond motifs is 1. The molecule has 156 valence electrons. The monoisotopic (exact) mass is 415 g/mol. The first kappa shape index (κ1) is 20.1. The molecule has 0 radical (unpaired) electrons. The molecule has 3 nitrogen and oxygen atoms in total. The first-order chi connectivity index (χ1) is 15.5. The molecule has 5 aromatic rings. The van der Waals surface area contributed by atoms with Crippen LogP contribution in [0.25, 0.3) is 44.5 Å². The molecule has 0 N–H and O–H groups in total. The van der Waals surface area contributed by atoms with Gasteiger partial charge in [0.2, 0.25) is 0 Å². The Hall–Kier alpha value is -3.85. The number of nitrogens with zero attached hydrogens (tertiary/aromatic N) is 3. The van der Waals surface area contributed by atoms with Crippen LogP contribution < -0.4 is 0 Å². The van der Waals surface area contributed by atoms with Crippen LogP contribution in [0.1, 0.15) is 26.3 Å². The zero-order valence-electron chi connectivity index (χ0n) is 18.6. The Kier molecular flexibility index (Phi) is 5.02. The van der Waals surface area contributed by atoms with E-state index in [1.165, 1.54) is 16.3 Å². The summed E-state index contributed by atoms with van der Waals surface area (Å²) in [5.41, 5.74) is 6.48. The molecule has 3 heteroatoms. The molecular formula is C29H25N3. The Balaban J connectivity index is 1.56. The molecule has 0 aliphatic rings. The van der Waals surface area contributed by atoms with Crippen LogP contribution in [-0.2, 0) is 5.41 Å². The smallest absolute Gasteiger partial charge is 0.159 e. The van der Waals surface area contributed by atoms with Crippen molar-refractivity contribution >= 4 is 10.8 Å². The summed E-state index contributed by atoms with van der Waals surface area (Å²) < 4.78 is 0. The maximum atomic E-state index is 4.69. The molecule has 2 aromatic heterocycles. The van der Waals surface area contributed by atoms with Crippen molar-refractivity contribution in [3.63, 3.8) is 0 Å². The van der Waals surface area contributed by atoms with Gasteiger partial charge in [0.1, 0.15) is 0 Å². The fourth-order valence-electron chi connectivity index (χ4n) is 4.06. The van der Waals surface area contributed by atoms with E-state index in [9.17, 15) is 0 Å². The van der Waals surface area contributed by atoms with Crippen LogP contribution in [0.5, 0.6) is 0 Å². The van der Waals surface area contributed by atoms with Gasteiger partial charge in [-0.3, -0.25) is 4.98 Å². The predicted molar refractivity (Wildman–Crippen MR) is 132 cm³/mol. The third kappa shape index (κ3) is 3.90. The second-order valence-corrected chi connectivity index (χ2v) is 9.09. The second kappa shape index (κ2) is 8.01. The van der Waals surface area contributed by atoms with Crippen molar-refractivity contribution in [1.29, 1.82) is 0 Å². The molecule has 5 rings (SSSR count). The summed E-state index contributed by atoms with van der Waals surface area (Å²) in [6.07, 6.45) is 5.63. The summed E-state index contributed by atoms with van der Waals surface area (Å²) in [6, 6.07) is 27.2. The highest BCUT2D eigenvalue weighted by Crippen LogP contribution is 2.35. The van der Waals surface area contributed by atoms with Crippen molar-refractivity contribution in [3.05, 3.63) is 103 Å². The maximum absolute atomic E-state index is 4.69. The minimum absolute atomic E-state index is 0.0360. The summed E-state index contributed by atoms with van der Waals surface area (Å²) >= 11 is 0. The van der Waals surface area contributed by atoms with Gasteiger partial charge in [0.25, 0.3) is 0 Å². The van der Waals surface area contributed by atoms with Crippen molar-refractivity contribution in [1.82, 2.24) is 15.0 Å². The SMILES string of the molecule is CC(C)(C)c1cc(-c2cc(-c3cnc(-c4ccccc4)nc3)ccn2)cc2ccccc12. The molecule has 0 amide bonds. The lowest BCUT2D eigenvalue weighted by Gasteiger charge is -2.22. The molecule has 2 heterocycles. The van der Waals surface area contributed by atoms with Crippen LogP contribution >= 0.6 is 0 Å². The lowest BCUT2D eigenvalue weighted by molar-refractivity contribution is 0.596. The highest BCUT2D eigenvalue weighted by Gasteiger charge is 2.18. The van der Waals surface area contributed by atoms with Crippen molar-refractivity contribution in [2.24, 2.45) is 0 Å². The molecule has 0 saturated heterocycles. The number of pyridine rings is 1. The van der Waals surface area contributed by atoms with Crippen LogP contribution in [0.4, 0.5) is 0 Å². The molecule has 0 saturated carbocycles. The third-order valence-corrected chi connectivity index (χ3v) is 5.74. The lowest BCUT2D eigenvalue weighted by Crippen LogP contribution is -2.12. The minimum atomic E-state index is 0.0360. The van der Waals surface area contributed by atoms with Gasteiger partial charge in [-0.15, -0.1) is 0 Å². The van der Waals surface area contributed by atoms with E-state index in [1.807, 2.05) is 55.0 Å². The van der Waals surface area contributed by atoms with Gasteiger partial charge in [-0.05, 0) is 51.6 Å². The van der Waals surface area contributed by atoms with E-state index in [4.69, 9.17) is 0 Å². The standard InChI is InChI=1S/C29H25N3/c1-29(2,3)26-16-23(15-22-11-7-8-12-25(22)26)27-17-21(13-14-30-27)24-18-31-28(32-19-24)20-9-5-4-6-10-20/h4-19H,1-3H3. The van der Waals surface area contributed by atoms with E-state index >= 15 is 0 Å². The van der Waals surface area contributed by atoms with E-state index in [1.54, 1.807) is 0 Å². The first-order valence-electron chi connectivity index (χ1n) is 10.9. The molecule has 0 atom stereocenters. The summed E-state index contributed by atoms with van der Waals surface area (Å²) in [7, 11) is 0. The Labute approximate surface area is 188 Å². The highest BCUT2D eigenvalue weighted by atomic mass is 14.9. The maximum Gasteiger partial charge on any atom is 0.159 e. The third-order valence-electron chi connectivity index (χ3n) is 5.74. The van der Waals surface area contributed by atoms with Crippen LogP contribution in [0.3, 0.4) is 0 Å². The van der Waals surface area contributed by atoms with E-state index in [2.05, 4.69) is 78.2 Å². The molecule has 32 heavy (non-hydrogen) atoms. The molecule has 0 aliphatic carbocycles. The lowest BCUT2D eigenvalue weighted by atomic mass is 9.82. The van der Waals surface area contributed by atoms with Crippen molar-refractivity contribution in [2.45, 2.75) is 26.2 Å². The zero-order chi connectivity index (χ0) is 22.1. The molecule has 0 bridgehead atoms. The van der Waals surface area contributed by atoms with Gasteiger partial charge in [0, 0.05) is 35.3 Å². The van der Waals surface area contributed by atoms with Crippen molar-refractivity contribution in [3.8, 4) is 33.8 Å². The van der Waals surface area contributed by atoms with Crippen LogP contribution in [-0.4, -0.2) is 15.0 Å². The van der Waals surface area contributed by atoms with Crippen molar-refractivity contribution < 1.29 is 0 Å². The minimum Gasteiger partial charge on any atom is -0.256 e. The van der Waals surface area contributed by atoms with Gasteiger partial charge in [-0.1, -0.05) is 75.4 Å². The molecule has 0 aliphatic heterocycles. The fourth-order valence-corrected chi connectivity index (χ4v) is 4.06. The van der Waals surface area contributed by atoms with Gasteiger partial charge < -0.3 is 0 Å². The largest absolute Gasteiger partial charge is 0.256 e. The van der Waals surface area contributed by atoms with Crippen LogP contribution in [0.2, 0.25) is 0 Å². The number of hydrogen-bond donors (Lipinski definition) is 0. The Morgan fingerprint density at radius 1 is 0.594 bits per heavy atom. The van der Waals surface area contributed by atoms with Crippen molar-refractivity contribution in [2.75, 3.05) is 0 Å². The van der Waals surface area contributed by atoms with Gasteiger partial charge in [-0.25, -0.2) is 9.97 Å². The number of rotatable bonds is 3. The predicted octanol–water partition coefficient (Wildman–Crippen LogP) is 7.32. The summed E-state index contributed by atoms with van der Waals surface area (Å²) in [6.45, 7) is 6.77. The van der Waals surface area contributed by atoms with Gasteiger partial charge in [0.05, 0.1) is 5.69 Å². The quantitative estimate of drug-likeness (QED) is 0.310. The fraction of sp³-hybridized carbons (Fsp3) is 0.138. The number of hydrogen-bond acceptors (Lipinski definition) is 3. The van der Waals surface area contributed by atoms with E-state index in [0.29, 0.717) is 0 Å². The van der Waals surface area contributed by atoms with E-state index in [-0.39, 0.29) is 5.41 Å². The Morgan fingerprint density at radius 3 is 2.06 bits per heavy atom. The summed E-state index contributed by atoms with van der Waals surface area (Å²) in [5.74, 6) is 0.730. The van der Waals surface area contributed by atoms with Crippen LogP contribution in [0, 0.1) is 0 Å². The molecule has 0 fully saturated rings. The number of aromatic nitrogens is 3. The summed E-state index contributed by atoms with van der Waals surface area (Å²) in [4.78, 5) is 13.9. The second-order valence-electron chi connectivity index (χ2n) is 9.09. The average Bonchev–Trinajstić information content (AvgIpc) is 2.83. The van der Waals surface area contributed by atoms with Crippen LogP contribution in [0.15, 0.2) is 97.5 Å². The zero-order valence-corrected chi connectivity index (χ0v) is 18.6. The van der Waals surface area contributed by atoms with Gasteiger partial charge in [0.15, 0.2) is 5.82 Å². The first-order valence-corrected chi connectivity index (χ1v) is 10.9. The molecule has 0 unspecified atom stereocenters. The highest BCUT2D eigenvalue weighted by molar-refractivity contribution is 5.91. The number of benzene rings is 3. The van der Waals surface area contributed by atoms with E-state index in [0.717, 1.165) is 33.8 Å². The topological polar surface area (TPSA) is 38.7 Å². The molecular weight excluding hydrogens is 390 g/mol. The Morgan fingerprint density at radius 2 is 1.31 bits per heavy atom. The molecule has 0 spiro atoms.